The lowest BCUT2D eigenvalue weighted by molar-refractivity contribution is 0.0325. The van der Waals surface area contributed by atoms with Crippen LogP contribution in [-0.2, 0) is 4.74 Å². The molecule has 1 aliphatic carbocycles. The molecule has 0 bridgehead atoms. The summed E-state index contributed by atoms with van der Waals surface area (Å²) in [6, 6.07) is 0. The van der Waals surface area contributed by atoms with Gasteiger partial charge >= 0.3 is 0 Å². The Kier molecular flexibility index (Phi) is 6.32. The molecule has 0 saturated heterocycles. The Labute approximate surface area is 120 Å². The summed E-state index contributed by atoms with van der Waals surface area (Å²) in [7, 11) is 3.91. The average molecular weight is 269 g/mol. The van der Waals surface area contributed by atoms with Gasteiger partial charge in [0, 0.05) is 20.3 Å². The van der Waals surface area contributed by atoms with Gasteiger partial charge in [-0.1, -0.05) is 27.7 Å². The molecule has 0 aromatic heterocycles. The van der Waals surface area contributed by atoms with Gasteiger partial charge in [-0.3, -0.25) is 0 Å². The van der Waals surface area contributed by atoms with E-state index in [1.807, 2.05) is 7.11 Å². The van der Waals surface area contributed by atoms with Crippen molar-refractivity contribution in [3.8, 4) is 0 Å². The fraction of sp³-hybridized carbons (Fsp3) is 1.00. The summed E-state index contributed by atoms with van der Waals surface area (Å²) in [4.78, 5) is 0. The molecule has 0 aromatic rings. The second-order valence-corrected chi connectivity index (χ2v) is 7.72. The predicted octanol–water partition coefficient (Wildman–Crippen LogP) is 4.10. The highest BCUT2D eigenvalue weighted by Crippen LogP contribution is 2.49. The maximum Gasteiger partial charge on any atom is 0.0465 e. The number of nitrogens with one attached hydrogen (secondary N) is 1. The molecule has 2 nitrogen and oxygen atoms in total. The second kappa shape index (κ2) is 7.08. The monoisotopic (exact) mass is 269 g/mol. The summed E-state index contributed by atoms with van der Waals surface area (Å²) < 4.78 is 5.28. The molecule has 114 valence electrons. The molecule has 1 rings (SSSR count). The van der Waals surface area contributed by atoms with Crippen molar-refractivity contribution in [1.29, 1.82) is 0 Å². The fourth-order valence-corrected chi connectivity index (χ4v) is 3.86. The van der Waals surface area contributed by atoms with E-state index in [1.54, 1.807) is 0 Å². The minimum Gasteiger partial charge on any atom is -0.385 e. The predicted molar refractivity (Wildman–Crippen MR) is 83.4 cm³/mol. The quantitative estimate of drug-likeness (QED) is 0.784. The van der Waals surface area contributed by atoms with E-state index in [2.05, 4.69) is 40.1 Å². The van der Waals surface area contributed by atoms with E-state index >= 15 is 0 Å². The molecule has 1 aliphatic rings. The normalized spacial score (nSPS) is 30.3. The summed E-state index contributed by atoms with van der Waals surface area (Å²) in [6.45, 7) is 11.7. The first-order chi connectivity index (χ1) is 8.85. The maximum absolute atomic E-state index is 5.28. The molecule has 0 amide bonds. The molecule has 0 aliphatic heterocycles. The summed E-state index contributed by atoms with van der Waals surface area (Å²) >= 11 is 0. The highest BCUT2D eigenvalue weighted by atomic mass is 16.5. The molecule has 1 saturated carbocycles. The first kappa shape index (κ1) is 17.0. The van der Waals surface area contributed by atoms with Crippen LogP contribution in [-0.4, -0.2) is 27.3 Å². The SMILES string of the molecule is CNCC1(C(C)CCOC)CCC(C(C)(C)C)CC1. The topological polar surface area (TPSA) is 21.3 Å². The summed E-state index contributed by atoms with van der Waals surface area (Å²) in [5.41, 5.74) is 0.969. The van der Waals surface area contributed by atoms with Crippen molar-refractivity contribution < 1.29 is 4.74 Å². The van der Waals surface area contributed by atoms with Crippen LogP contribution < -0.4 is 5.32 Å². The van der Waals surface area contributed by atoms with Gasteiger partial charge in [-0.25, -0.2) is 0 Å². The lowest BCUT2D eigenvalue weighted by atomic mass is 9.59. The molecular formula is C17H35NO. The van der Waals surface area contributed by atoms with Crippen molar-refractivity contribution in [3.63, 3.8) is 0 Å². The van der Waals surface area contributed by atoms with Crippen LogP contribution in [0.4, 0.5) is 0 Å². The standard InChI is InChI=1S/C17H35NO/c1-14(9-12-19-6)17(13-18-5)10-7-15(8-11-17)16(2,3)4/h14-15,18H,7-13H2,1-6H3. The van der Waals surface area contributed by atoms with Gasteiger partial charge < -0.3 is 10.1 Å². The summed E-state index contributed by atoms with van der Waals surface area (Å²) in [5.74, 6) is 1.65. The van der Waals surface area contributed by atoms with E-state index in [0.717, 1.165) is 25.0 Å². The van der Waals surface area contributed by atoms with Gasteiger partial charge in [0.05, 0.1) is 0 Å². The molecule has 0 heterocycles. The van der Waals surface area contributed by atoms with E-state index in [4.69, 9.17) is 4.74 Å². The third kappa shape index (κ3) is 4.46. The lowest BCUT2D eigenvalue weighted by Gasteiger charge is -2.47. The van der Waals surface area contributed by atoms with E-state index in [9.17, 15) is 0 Å². The van der Waals surface area contributed by atoms with Gasteiger partial charge in [0.25, 0.3) is 0 Å². The molecule has 1 N–H and O–H groups in total. The minimum absolute atomic E-state index is 0.474. The Bertz CT molecular complexity index is 248. The zero-order chi connectivity index (χ0) is 14.5. The third-order valence-electron chi connectivity index (χ3n) is 5.54. The first-order valence-electron chi connectivity index (χ1n) is 7.99. The van der Waals surface area contributed by atoms with Crippen LogP contribution in [0.5, 0.6) is 0 Å². The van der Waals surface area contributed by atoms with E-state index < -0.39 is 0 Å². The van der Waals surface area contributed by atoms with Gasteiger partial charge in [0.2, 0.25) is 0 Å². The van der Waals surface area contributed by atoms with Crippen molar-refractivity contribution in [2.75, 3.05) is 27.3 Å². The average Bonchev–Trinajstić information content (AvgIpc) is 2.35. The van der Waals surface area contributed by atoms with Gasteiger partial charge in [-0.15, -0.1) is 0 Å². The van der Waals surface area contributed by atoms with E-state index in [1.165, 1.54) is 32.1 Å². The van der Waals surface area contributed by atoms with E-state index in [-0.39, 0.29) is 0 Å². The summed E-state index contributed by atoms with van der Waals surface area (Å²) in [5, 5.41) is 3.45. The molecule has 0 radical (unpaired) electrons. The number of ether oxygens (including phenoxy) is 1. The number of methoxy groups -OCH3 is 1. The van der Waals surface area contributed by atoms with Crippen molar-refractivity contribution >= 4 is 0 Å². The highest BCUT2D eigenvalue weighted by molar-refractivity contribution is 4.93. The van der Waals surface area contributed by atoms with Crippen LogP contribution in [0.25, 0.3) is 0 Å². The van der Waals surface area contributed by atoms with Gasteiger partial charge in [-0.05, 0) is 61.8 Å². The van der Waals surface area contributed by atoms with Crippen molar-refractivity contribution in [1.82, 2.24) is 5.32 Å². The van der Waals surface area contributed by atoms with Crippen molar-refractivity contribution in [3.05, 3.63) is 0 Å². The van der Waals surface area contributed by atoms with Crippen molar-refractivity contribution in [2.24, 2.45) is 22.7 Å². The fourth-order valence-electron chi connectivity index (χ4n) is 3.86. The summed E-state index contributed by atoms with van der Waals surface area (Å²) in [6.07, 6.45) is 6.73. The molecule has 1 fully saturated rings. The minimum atomic E-state index is 0.474. The smallest absolute Gasteiger partial charge is 0.0465 e. The number of hydrogen-bond acceptors (Lipinski definition) is 2. The largest absolute Gasteiger partial charge is 0.385 e. The molecule has 0 spiro atoms. The molecule has 0 aromatic carbocycles. The van der Waals surface area contributed by atoms with Crippen LogP contribution in [0.1, 0.15) is 59.8 Å². The zero-order valence-corrected chi connectivity index (χ0v) is 14.0. The Morgan fingerprint density at radius 3 is 2.26 bits per heavy atom. The van der Waals surface area contributed by atoms with Gasteiger partial charge in [0.1, 0.15) is 0 Å². The zero-order valence-electron chi connectivity index (χ0n) is 14.0. The lowest BCUT2D eigenvalue weighted by Crippen LogP contribution is -2.43. The molecule has 1 unspecified atom stereocenters. The van der Waals surface area contributed by atoms with E-state index in [0.29, 0.717) is 10.8 Å². The number of rotatable bonds is 6. The molecular weight excluding hydrogens is 234 g/mol. The molecule has 2 heteroatoms. The Morgan fingerprint density at radius 1 is 1.26 bits per heavy atom. The van der Waals surface area contributed by atoms with Crippen LogP contribution in [0, 0.1) is 22.7 Å². The second-order valence-electron chi connectivity index (χ2n) is 7.72. The molecule has 19 heavy (non-hydrogen) atoms. The van der Waals surface area contributed by atoms with Crippen LogP contribution in [0.3, 0.4) is 0 Å². The Balaban J connectivity index is 2.65. The van der Waals surface area contributed by atoms with Crippen LogP contribution >= 0.6 is 0 Å². The molecule has 1 atom stereocenters. The van der Waals surface area contributed by atoms with Crippen LogP contribution in [0.15, 0.2) is 0 Å². The van der Waals surface area contributed by atoms with Gasteiger partial charge in [0.15, 0.2) is 0 Å². The number of hydrogen-bond donors (Lipinski definition) is 1. The van der Waals surface area contributed by atoms with Gasteiger partial charge in [-0.2, -0.15) is 0 Å². The van der Waals surface area contributed by atoms with Crippen LogP contribution in [0.2, 0.25) is 0 Å². The first-order valence-corrected chi connectivity index (χ1v) is 7.99. The highest BCUT2D eigenvalue weighted by Gasteiger charge is 2.41. The Morgan fingerprint density at radius 2 is 1.84 bits per heavy atom. The third-order valence-corrected chi connectivity index (χ3v) is 5.54. The Hall–Kier alpha value is -0.0800. The van der Waals surface area contributed by atoms with Crippen molar-refractivity contribution in [2.45, 2.75) is 59.8 Å². The maximum atomic E-state index is 5.28.